The van der Waals surface area contributed by atoms with Gasteiger partial charge in [-0.2, -0.15) is 0 Å². The molecule has 0 saturated heterocycles. The van der Waals surface area contributed by atoms with Gasteiger partial charge < -0.3 is 18.9 Å². The van der Waals surface area contributed by atoms with Crippen LogP contribution in [0.2, 0.25) is 0 Å². The van der Waals surface area contributed by atoms with E-state index in [1.165, 1.54) is 6.07 Å². The van der Waals surface area contributed by atoms with Crippen molar-refractivity contribution in [2.24, 2.45) is 7.05 Å². The molecule has 28 heavy (non-hydrogen) atoms. The van der Waals surface area contributed by atoms with Gasteiger partial charge >= 0.3 is 0 Å². The van der Waals surface area contributed by atoms with Crippen molar-refractivity contribution in [1.29, 1.82) is 0 Å². The molecule has 0 spiro atoms. The molecule has 6 heteroatoms. The van der Waals surface area contributed by atoms with Crippen molar-refractivity contribution in [2.45, 2.75) is 0 Å². The first-order valence-electron chi connectivity index (χ1n) is 8.67. The van der Waals surface area contributed by atoms with Gasteiger partial charge in [0.2, 0.25) is 0 Å². The quantitative estimate of drug-likeness (QED) is 0.527. The molecule has 6 nitrogen and oxygen atoms in total. The zero-order valence-corrected chi connectivity index (χ0v) is 15.4. The Kier molecular flexibility index (Phi) is 4.45. The number of aryl methyl sites for hydroxylation is 1. The lowest BCUT2D eigenvalue weighted by atomic mass is 10.0. The first-order chi connectivity index (χ1) is 13.6. The van der Waals surface area contributed by atoms with E-state index in [4.69, 9.17) is 9.26 Å². The van der Waals surface area contributed by atoms with Gasteiger partial charge in [-0.15, -0.1) is 0 Å². The third-order valence-corrected chi connectivity index (χ3v) is 4.56. The number of benzene rings is 2. The van der Waals surface area contributed by atoms with E-state index < -0.39 is 0 Å². The molecule has 4 rings (SSSR count). The monoisotopic (exact) mass is 374 g/mol. The zero-order valence-electron chi connectivity index (χ0n) is 15.4. The molecule has 0 unspecified atom stereocenters. The van der Waals surface area contributed by atoms with Crippen molar-refractivity contribution in [2.75, 3.05) is 7.11 Å². The third-order valence-electron chi connectivity index (χ3n) is 4.56. The Bertz CT molecular complexity index is 1140. The second kappa shape index (κ2) is 7.08. The number of ketones is 1. The fourth-order valence-electron chi connectivity index (χ4n) is 3.05. The maximum Gasteiger partial charge on any atom is 0.198 e. The molecular weight excluding hydrogens is 356 g/mol. The molecule has 0 amide bonds. The number of methoxy groups -OCH3 is 1. The van der Waals surface area contributed by atoms with Crippen LogP contribution in [0, 0.1) is 0 Å². The van der Waals surface area contributed by atoms with Crippen molar-refractivity contribution in [3.63, 3.8) is 0 Å². The Hall–Kier alpha value is -3.80. The molecule has 0 fully saturated rings. The van der Waals surface area contributed by atoms with E-state index in [0.717, 1.165) is 11.3 Å². The number of carbonyl (C=O) groups is 1. The zero-order chi connectivity index (χ0) is 19.7. The lowest BCUT2D eigenvalue weighted by molar-refractivity contribution is 0.103. The van der Waals surface area contributed by atoms with Crippen LogP contribution in [0.4, 0.5) is 0 Å². The van der Waals surface area contributed by atoms with Crippen molar-refractivity contribution in [3.05, 3.63) is 78.0 Å². The molecule has 0 aliphatic carbocycles. The molecule has 0 atom stereocenters. The molecule has 0 aliphatic rings. The number of phenols is 1. The molecule has 0 bridgehead atoms. The largest absolute Gasteiger partial charge is 0.507 e. The summed E-state index contributed by atoms with van der Waals surface area (Å²) in [7, 11) is 3.44. The Morgan fingerprint density at radius 3 is 2.57 bits per heavy atom. The number of hydrogen-bond acceptors (Lipinski definition) is 5. The lowest BCUT2D eigenvalue weighted by Gasteiger charge is -2.00. The Morgan fingerprint density at radius 2 is 1.86 bits per heavy atom. The van der Waals surface area contributed by atoms with Gasteiger partial charge in [-0.1, -0.05) is 17.3 Å². The predicted octanol–water partition coefficient (Wildman–Crippen LogP) is 4.29. The van der Waals surface area contributed by atoms with E-state index in [0.29, 0.717) is 22.7 Å². The van der Waals surface area contributed by atoms with E-state index in [9.17, 15) is 9.90 Å². The normalized spacial score (nSPS) is 10.8. The third kappa shape index (κ3) is 3.16. The summed E-state index contributed by atoms with van der Waals surface area (Å²) in [5, 5.41) is 14.1. The van der Waals surface area contributed by atoms with Gasteiger partial charge in [0.1, 0.15) is 17.2 Å². The van der Waals surface area contributed by atoms with Crippen molar-refractivity contribution in [3.8, 4) is 34.2 Å². The molecule has 2 aromatic heterocycles. The van der Waals surface area contributed by atoms with E-state index >= 15 is 0 Å². The number of hydrogen-bond donors (Lipinski definition) is 1. The van der Waals surface area contributed by atoms with E-state index in [-0.39, 0.29) is 17.1 Å². The number of aromatic hydroxyl groups is 1. The van der Waals surface area contributed by atoms with Crippen LogP contribution in [0.15, 0.2) is 71.4 Å². The van der Waals surface area contributed by atoms with E-state index in [1.807, 2.05) is 37.4 Å². The summed E-state index contributed by atoms with van der Waals surface area (Å²) in [6, 6.07) is 17.6. The molecule has 0 saturated carbocycles. The van der Waals surface area contributed by atoms with Crippen LogP contribution in [0.25, 0.3) is 22.7 Å². The Morgan fingerprint density at radius 1 is 1.11 bits per heavy atom. The standard InChI is InChI=1S/C22H18N2O4/c1-24-13-15(22(26)17-5-3-4-6-20(17)25)11-19(24)21-12-18(23-28-21)14-7-9-16(27-2)10-8-14/h3-13,25H,1-2H3. The van der Waals surface area contributed by atoms with Gasteiger partial charge in [-0.05, 0) is 42.5 Å². The van der Waals surface area contributed by atoms with Crippen molar-refractivity contribution < 1.29 is 19.2 Å². The highest BCUT2D eigenvalue weighted by Gasteiger charge is 2.19. The van der Waals surface area contributed by atoms with Crippen LogP contribution in [0.1, 0.15) is 15.9 Å². The average molecular weight is 374 g/mol. The SMILES string of the molecule is COc1ccc(-c2cc(-c3cc(C(=O)c4ccccc4O)cn3C)on2)cc1. The number of rotatable bonds is 5. The number of nitrogens with zero attached hydrogens (tertiary/aromatic N) is 2. The topological polar surface area (TPSA) is 77.5 Å². The van der Waals surface area contributed by atoms with E-state index in [2.05, 4.69) is 5.16 Å². The summed E-state index contributed by atoms with van der Waals surface area (Å²) >= 11 is 0. The van der Waals surface area contributed by atoms with Crippen molar-refractivity contribution >= 4 is 5.78 Å². The molecule has 0 radical (unpaired) electrons. The first-order valence-corrected chi connectivity index (χ1v) is 8.67. The lowest BCUT2D eigenvalue weighted by Crippen LogP contribution is -2.00. The molecule has 140 valence electrons. The number of para-hydroxylation sites is 1. The first kappa shape index (κ1) is 17.6. The summed E-state index contributed by atoms with van der Waals surface area (Å²) in [5.41, 5.74) is 3.02. The number of aromatic nitrogens is 2. The van der Waals surface area contributed by atoms with Crippen LogP contribution < -0.4 is 4.74 Å². The summed E-state index contributed by atoms with van der Waals surface area (Å²) in [6.45, 7) is 0. The molecular formula is C22H18N2O4. The van der Waals surface area contributed by atoms with Crippen molar-refractivity contribution in [1.82, 2.24) is 9.72 Å². The molecule has 4 aromatic rings. The van der Waals surface area contributed by atoms with E-state index in [1.54, 1.807) is 42.1 Å². The number of phenolic OH excluding ortho intramolecular Hbond substituents is 1. The summed E-state index contributed by atoms with van der Waals surface area (Å²) in [5.74, 6) is 1.01. The van der Waals surface area contributed by atoms with Gasteiger partial charge in [-0.25, -0.2) is 0 Å². The predicted molar refractivity (Wildman–Crippen MR) is 104 cm³/mol. The Balaban J connectivity index is 1.65. The van der Waals surface area contributed by atoms with Gasteiger partial charge in [0.15, 0.2) is 11.5 Å². The maximum absolute atomic E-state index is 12.7. The van der Waals surface area contributed by atoms with Gasteiger partial charge in [0, 0.05) is 30.4 Å². The molecule has 0 aliphatic heterocycles. The molecule has 2 aromatic carbocycles. The molecule has 2 heterocycles. The van der Waals surface area contributed by atoms with Crippen LogP contribution in [-0.2, 0) is 7.05 Å². The summed E-state index contributed by atoms with van der Waals surface area (Å²) < 4.78 is 12.5. The second-order valence-corrected chi connectivity index (χ2v) is 6.38. The van der Waals surface area contributed by atoms with Gasteiger partial charge in [-0.3, -0.25) is 4.79 Å². The fourth-order valence-corrected chi connectivity index (χ4v) is 3.05. The fraction of sp³-hybridized carbons (Fsp3) is 0.0909. The highest BCUT2D eigenvalue weighted by Crippen LogP contribution is 2.29. The van der Waals surface area contributed by atoms with Gasteiger partial charge in [0.05, 0.1) is 18.4 Å². The minimum Gasteiger partial charge on any atom is -0.507 e. The minimum atomic E-state index is -0.255. The minimum absolute atomic E-state index is 0.0423. The van der Waals surface area contributed by atoms with Gasteiger partial charge in [0.25, 0.3) is 0 Å². The summed E-state index contributed by atoms with van der Waals surface area (Å²) in [6.07, 6.45) is 1.71. The molecule has 1 N–H and O–H groups in total. The summed E-state index contributed by atoms with van der Waals surface area (Å²) in [4.78, 5) is 12.7. The van der Waals surface area contributed by atoms with Crippen LogP contribution in [-0.4, -0.2) is 27.7 Å². The number of ether oxygens (including phenoxy) is 1. The van der Waals surface area contributed by atoms with Crippen LogP contribution in [0.5, 0.6) is 11.5 Å². The second-order valence-electron chi connectivity index (χ2n) is 6.38. The average Bonchev–Trinajstić information content (AvgIpc) is 3.35. The highest BCUT2D eigenvalue weighted by molar-refractivity contribution is 6.11. The smallest absolute Gasteiger partial charge is 0.198 e. The highest BCUT2D eigenvalue weighted by atomic mass is 16.5. The number of carbonyl (C=O) groups excluding carboxylic acids is 1. The Labute approximate surface area is 161 Å². The van der Waals surface area contributed by atoms with Crippen LogP contribution in [0.3, 0.4) is 0 Å². The maximum atomic E-state index is 12.7. The van der Waals surface area contributed by atoms with Crippen LogP contribution >= 0.6 is 0 Å².